The minimum Gasteiger partial charge on any atom is -0.456 e. The quantitative estimate of drug-likeness (QED) is 0.247. The average molecular weight is 559 g/mol. The lowest BCUT2D eigenvalue weighted by Gasteiger charge is -2.35. The van der Waals surface area contributed by atoms with Crippen LogP contribution in [0.2, 0.25) is 0 Å². The predicted octanol–water partition coefficient (Wildman–Crippen LogP) is 6.58. The molecule has 3 heterocycles. The van der Waals surface area contributed by atoms with Crippen LogP contribution in [0.3, 0.4) is 0 Å². The Balaban J connectivity index is 1.34. The fourth-order valence-corrected chi connectivity index (χ4v) is 6.50. The van der Waals surface area contributed by atoms with Gasteiger partial charge in [0.2, 0.25) is 5.91 Å². The molecule has 0 bridgehead atoms. The third kappa shape index (κ3) is 5.10. The molecule has 0 radical (unpaired) electrons. The maximum absolute atomic E-state index is 13.7. The summed E-state index contributed by atoms with van der Waals surface area (Å²) in [6.07, 6.45) is 6.77. The summed E-state index contributed by atoms with van der Waals surface area (Å²) in [6.45, 7) is 2.15. The Morgan fingerprint density at radius 2 is 2.05 bits per heavy atom. The van der Waals surface area contributed by atoms with Gasteiger partial charge in [-0.05, 0) is 74.3 Å². The number of carbonyl (C=O) groups is 1. The van der Waals surface area contributed by atoms with E-state index in [2.05, 4.69) is 44.9 Å². The molecular weight excluding hydrogens is 523 g/mol. The van der Waals surface area contributed by atoms with Gasteiger partial charge in [0, 0.05) is 85.2 Å². The van der Waals surface area contributed by atoms with Gasteiger partial charge in [-0.1, -0.05) is 18.0 Å². The number of piperidine rings is 1. The molecule has 1 saturated carbocycles. The molecule has 6 rings (SSSR count). The molecule has 208 valence electrons. The second-order valence-electron chi connectivity index (χ2n) is 10.9. The molecule has 1 saturated heterocycles. The predicted molar refractivity (Wildman–Crippen MR) is 160 cm³/mol. The first-order chi connectivity index (χ1) is 19.5. The van der Waals surface area contributed by atoms with E-state index >= 15 is 0 Å². The summed E-state index contributed by atoms with van der Waals surface area (Å²) in [7, 11) is 3.99. The number of rotatable bonds is 8. The van der Waals surface area contributed by atoms with Crippen LogP contribution in [0.25, 0.3) is 22.3 Å². The van der Waals surface area contributed by atoms with Crippen molar-refractivity contribution in [2.45, 2.75) is 37.6 Å². The number of nitrogens with one attached hydrogen (secondary N) is 1. The number of amides is 1. The van der Waals surface area contributed by atoms with Crippen LogP contribution >= 0.6 is 11.9 Å². The van der Waals surface area contributed by atoms with E-state index in [1.165, 1.54) is 17.7 Å². The summed E-state index contributed by atoms with van der Waals surface area (Å²) in [5.41, 5.74) is 6.09. The van der Waals surface area contributed by atoms with Gasteiger partial charge in [-0.3, -0.25) is 9.78 Å². The number of furan rings is 1. The number of likely N-dealkylation sites (tertiary alicyclic amines) is 1. The molecule has 8 heteroatoms. The van der Waals surface area contributed by atoms with Crippen molar-refractivity contribution in [1.82, 2.24) is 15.2 Å². The van der Waals surface area contributed by atoms with Gasteiger partial charge in [0.15, 0.2) is 0 Å². The van der Waals surface area contributed by atoms with Gasteiger partial charge >= 0.3 is 0 Å². The van der Waals surface area contributed by atoms with Crippen molar-refractivity contribution in [2.24, 2.45) is 5.92 Å². The number of carbonyl (C=O) groups excluding carboxylic acids is 1. The second kappa shape index (κ2) is 11.3. The van der Waals surface area contributed by atoms with Gasteiger partial charge in [0.1, 0.15) is 17.2 Å². The molecule has 2 aromatic heterocycles. The molecule has 3 unspecified atom stereocenters. The van der Waals surface area contributed by atoms with Gasteiger partial charge in [-0.2, -0.15) is 0 Å². The van der Waals surface area contributed by atoms with E-state index in [1.807, 2.05) is 31.4 Å². The lowest BCUT2D eigenvalue weighted by atomic mass is 9.88. The smallest absolute Gasteiger partial charge is 0.226 e. The molecule has 3 atom stereocenters. The van der Waals surface area contributed by atoms with Gasteiger partial charge in [-0.15, -0.1) is 0 Å². The molecule has 1 N–H and O–H groups in total. The Morgan fingerprint density at radius 3 is 2.77 bits per heavy atom. The summed E-state index contributed by atoms with van der Waals surface area (Å²) < 4.78 is 22.3. The first kappa shape index (κ1) is 26.8. The average Bonchev–Trinajstić information content (AvgIpc) is 3.73. The number of hydrogen-bond acceptors (Lipinski definition) is 6. The minimum atomic E-state index is -0.268. The number of anilines is 1. The number of pyridine rings is 1. The van der Waals surface area contributed by atoms with Crippen molar-refractivity contribution in [3.63, 3.8) is 0 Å². The molecular formula is C32H35FN4O2S. The summed E-state index contributed by atoms with van der Waals surface area (Å²) in [6, 6.07) is 16.8. The number of hydrogen-bond donors (Lipinski definition) is 1. The number of aromatic nitrogens is 1. The first-order valence-electron chi connectivity index (χ1n) is 14.0. The van der Waals surface area contributed by atoms with E-state index in [-0.39, 0.29) is 29.5 Å². The van der Waals surface area contributed by atoms with Crippen molar-refractivity contribution < 1.29 is 13.6 Å². The Bertz CT molecular complexity index is 1510. The number of halogens is 1. The SMILES string of the molecule is CNCc1c(-c2ccc(F)cc2)oc2cc(N(C)SC)c(C3CCCN(C(=O)C4CC4c4ccccn4)C3)cc12. The normalized spacial score (nSPS) is 20.6. The summed E-state index contributed by atoms with van der Waals surface area (Å²) >= 11 is 1.65. The van der Waals surface area contributed by atoms with E-state index in [1.54, 1.807) is 24.1 Å². The lowest BCUT2D eigenvalue weighted by molar-refractivity contribution is -0.133. The summed E-state index contributed by atoms with van der Waals surface area (Å²) in [5, 5.41) is 4.34. The molecule has 2 fully saturated rings. The summed E-state index contributed by atoms with van der Waals surface area (Å²) in [4.78, 5) is 20.1. The zero-order chi connectivity index (χ0) is 27.8. The fraction of sp³-hybridized carbons (Fsp3) is 0.375. The summed E-state index contributed by atoms with van der Waals surface area (Å²) in [5.74, 6) is 1.26. The zero-order valence-electron chi connectivity index (χ0n) is 23.2. The van der Waals surface area contributed by atoms with Crippen molar-refractivity contribution in [2.75, 3.05) is 37.7 Å². The highest BCUT2D eigenvalue weighted by Crippen LogP contribution is 2.49. The van der Waals surface area contributed by atoms with Crippen LogP contribution in [0.4, 0.5) is 10.1 Å². The zero-order valence-corrected chi connectivity index (χ0v) is 24.0. The maximum atomic E-state index is 13.7. The van der Waals surface area contributed by atoms with E-state index < -0.39 is 0 Å². The third-order valence-corrected chi connectivity index (χ3v) is 9.11. The number of benzene rings is 2. The third-order valence-electron chi connectivity index (χ3n) is 8.36. The molecule has 2 aromatic carbocycles. The van der Waals surface area contributed by atoms with Gasteiger partial charge in [0.25, 0.3) is 0 Å². The van der Waals surface area contributed by atoms with E-state index in [9.17, 15) is 9.18 Å². The van der Waals surface area contributed by atoms with Crippen LogP contribution in [0.15, 0.2) is 65.2 Å². The highest BCUT2D eigenvalue weighted by Gasteiger charge is 2.47. The Morgan fingerprint density at radius 1 is 1.23 bits per heavy atom. The van der Waals surface area contributed by atoms with Gasteiger partial charge < -0.3 is 18.9 Å². The van der Waals surface area contributed by atoms with Crippen LogP contribution in [0, 0.1) is 11.7 Å². The molecule has 2 aliphatic rings. The molecule has 1 aliphatic heterocycles. The molecule has 0 spiro atoms. The standard InChI is InChI=1S/C32H35FN4O2S/c1-34-18-27-25-15-23(29(36(2)40-3)17-30(25)39-31(27)20-9-11-22(33)12-10-20)21-7-6-14-37(19-21)32(38)26-16-24(26)28-8-4-5-13-35-28/h4-5,8-13,15,17,21,24,26,34H,6-7,14,16,18-19H2,1-3H3. The molecule has 1 aliphatic carbocycles. The van der Waals surface area contributed by atoms with Crippen LogP contribution in [0.1, 0.15) is 47.9 Å². The first-order valence-corrected chi connectivity index (χ1v) is 15.1. The lowest BCUT2D eigenvalue weighted by Crippen LogP contribution is -2.40. The Kier molecular flexibility index (Phi) is 7.55. The molecule has 1 amide bonds. The number of nitrogens with zero attached hydrogens (tertiary/aromatic N) is 3. The van der Waals surface area contributed by atoms with Crippen LogP contribution in [0.5, 0.6) is 0 Å². The minimum absolute atomic E-state index is 0.0406. The number of fused-ring (bicyclic) bond motifs is 1. The Labute approximate surface area is 239 Å². The van der Waals surface area contributed by atoms with Crippen LogP contribution in [-0.2, 0) is 11.3 Å². The molecule has 40 heavy (non-hydrogen) atoms. The van der Waals surface area contributed by atoms with Crippen molar-refractivity contribution >= 4 is 34.5 Å². The van der Waals surface area contributed by atoms with Crippen molar-refractivity contribution in [3.8, 4) is 11.3 Å². The van der Waals surface area contributed by atoms with Gasteiger partial charge in [-0.25, -0.2) is 4.39 Å². The highest BCUT2D eigenvalue weighted by molar-refractivity contribution is 7.99. The van der Waals surface area contributed by atoms with E-state index in [0.29, 0.717) is 6.54 Å². The Hall–Kier alpha value is -3.36. The maximum Gasteiger partial charge on any atom is 0.226 e. The molecule has 4 aromatic rings. The molecule has 6 nitrogen and oxygen atoms in total. The van der Waals surface area contributed by atoms with Crippen LogP contribution in [-0.4, -0.2) is 49.2 Å². The topological polar surface area (TPSA) is 61.6 Å². The largest absolute Gasteiger partial charge is 0.456 e. The van der Waals surface area contributed by atoms with E-state index in [4.69, 9.17) is 4.42 Å². The monoisotopic (exact) mass is 558 g/mol. The van der Waals surface area contributed by atoms with Crippen molar-refractivity contribution in [3.05, 3.63) is 83.4 Å². The van der Waals surface area contributed by atoms with E-state index in [0.717, 1.165) is 71.6 Å². The van der Waals surface area contributed by atoms with Gasteiger partial charge in [0.05, 0.1) is 5.69 Å². The van der Waals surface area contributed by atoms with Crippen LogP contribution < -0.4 is 9.62 Å². The second-order valence-corrected chi connectivity index (χ2v) is 11.8. The highest BCUT2D eigenvalue weighted by atomic mass is 32.2. The van der Waals surface area contributed by atoms with Crippen molar-refractivity contribution in [1.29, 1.82) is 0 Å². The fourth-order valence-electron chi connectivity index (χ4n) is 6.14.